The Labute approximate surface area is 233 Å². The molecule has 2 amide bonds. The maximum atomic E-state index is 13.6. The summed E-state index contributed by atoms with van der Waals surface area (Å²) in [7, 11) is 1.67. The number of para-hydroxylation sites is 1. The lowest BCUT2D eigenvalue weighted by molar-refractivity contribution is -0.128. The van der Waals surface area contributed by atoms with E-state index in [1.54, 1.807) is 7.11 Å². The molecule has 6 nitrogen and oxygen atoms in total. The predicted molar refractivity (Wildman–Crippen MR) is 155 cm³/mol. The van der Waals surface area contributed by atoms with Crippen LogP contribution in [-0.4, -0.2) is 74.6 Å². The first-order chi connectivity index (χ1) is 18.1. The summed E-state index contributed by atoms with van der Waals surface area (Å²) < 4.78 is 5.12. The minimum atomic E-state index is -0.278. The van der Waals surface area contributed by atoms with Crippen LogP contribution in [0.15, 0.2) is 60.7 Å². The molecule has 38 heavy (non-hydrogen) atoms. The average molecular weight is 538 g/mol. The van der Waals surface area contributed by atoms with Crippen LogP contribution in [0.5, 0.6) is 0 Å². The second-order valence-corrected chi connectivity index (χ2v) is 10.7. The van der Waals surface area contributed by atoms with Crippen molar-refractivity contribution < 1.29 is 14.3 Å². The number of hydrogen-bond donors (Lipinski definition) is 0. The molecule has 3 aliphatic rings. The molecular weight excluding hydrogens is 498 g/mol. The van der Waals surface area contributed by atoms with Crippen LogP contribution in [0.3, 0.4) is 0 Å². The lowest BCUT2D eigenvalue weighted by Gasteiger charge is -2.39. The molecule has 2 heterocycles. The Bertz CT molecular complexity index is 1110. The van der Waals surface area contributed by atoms with Crippen molar-refractivity contribution in [3.63, 3.8) is 0 Å². The molecule has 0 N–H and O–H groups in total. The third-order valence-electron chi connectivity index (χ3n) is 8.36. The van der Waals surface area contributed by atoms with Crippen LogP contribution in [-0.2, 0) is 19.7 Å². The molecule has 2 aromatic rings. The molecule has 0 bridgehead atoms. The fraction of sp³-hybridized carbons (Fsp3) is 0.484. The number of carbonyl (C=O) groups excluding carboxylic acids is 2. The van der Waals surface area contributed by atoms with Crippen LogP contribution in [0.4, 0.5) is 5.69 Å². The fourth-order valence-electron chi connectivity index (χ4n) is 6.25. The molecule has 0 radical (unpaired) electrons. The molecule has 2 aromatic carbocycles. The van der Waals surface area contributed by atoms with E-state index in [1.165, 1.54) is 11.1 Å². The topological polar surface area (TPSA) is 53.1 Å². The van der Waals surface area contributed by atoms with Gasteiger partial charge in [-0.1, -0.05) is 54.6 Å². The number of carbonyl (C=O) groups is 2. The van der Waals surface area contributed by atoms with Gasteiger partial charge in [0.05, 0.1) is 5.92 Å². The number of piperidine rings is 1. The van der Waals surface area contributed by atoms with E-state index < -0.39 is 0 Å². The average Bonchev–Trinajstić information content (AvgIpc) is 3.49. The van der Waals surface area contributed by atoms with E-state index in [0.717, 1.165) is 51.0 Å². The SMILES string of the molecule is COCCCN1CC(C(=O)N(CCCN2CCC3(C=Cc4ccccc43)CC2)c2ccccc2)CC1=O.Cl. The molecule has 0 aromatic heterocycles. The van der Waals surface area contributed by atoms with Gasteiger partial charge in [0.2, 0.25) is 11.8 Å². The Hall–Kier alpha value is -2.67. The molecule has 2 saturated heterocycles. The first kappa shape index (κ1) is 28.3. The second-order valence-electron chi connectivity index (χ2n) is 10.7. The largest absolute Gasteiger partial charge is 0.385 e. The summed E-state index contributed by atoms with van der Waals surface area (Å²) in [5, 5.41) is 0. The van der Waals surface area contributed by atoms with E-state index in [0.29, 0.717) is 32.7 Å². The van der Waals surface area contributed by atoms with Gasteiger partial charge >= 0.3 is 0 Å². The molecule has 1 aliphatic carbocycles. The number of nitrogens with zero attached hydrogens (tertiary/aromatic N) is 3. The molecule has 1 spiro atoms. The van der Waals surface area contributed by atoms with Crippen molar-refractivity contribution in [2.45, 2.75) is 37.5 Å². The van der Waals surface area contributed by atoms with Gasteiger partial charge in [-0.25, -0.2) is 0 Å². The number of fused-ring (bicyclic) bond motifs is 2. The summed E-state index contributed by atoms with van der Waals surface area (Å²) >= 11 is 0. The van der Waals surface area contributed by atoms with Gasteiger partial charge in [-0.2, -0.15) is 0 Å². The highest BCUT2D eigenvalue weighted by Gasteiger charge is 2.38. The number of halogens is 1. The van der Waals surface area contributed by atoms with Crippen molar-refractivity contribution in [2.75, 3.05) is 57.9 Å². The van der Waals surface area contributed by atoms with E-state index in [2.05, 4.69) is 41.3 Å². The Kier molecular flexibility index (Phi) is 9.64. The van der Waals surface area contributed by atoms with Crippen LogP contribution < -0.4 is 4.90 Å². The van der Waals surface area contributed by atoms with Crippen molar-refractivity contribution in [3.05, 3.63) is 71.8 Å². The lowest BCUT2D eigenvalue weighted by Crippen LogP contribution is -2.43. The van der Waals surface area contributed by atoms with Gasteiger partial charge in [-0.15, -0.1) is 12.4 Å². The first-order valence-electron chi connectivity index (χ1n) is 13.7. The van der Waals surface area contributed by atoms with Crippen LogP contribution in [0.1, 0.15) is 43.2 Å². The molecule has 0 saturated carbocycles. The Morgan fingerprint density at radius 3 is 2.53 bits per heavy atom. The van der Waals surface area contributed by atoms with E-state index >= 15 is 0 Å². The highest BCUT2D eigenvalue weighted by molar-refractivity contribution is 5.99. The molecule has 2 fully saturated rings. The predicted octanol–water partition coefficient (Wildman–Crippen LogP) is 4.78. The van der Waals surface area contributed by atoms with E-state index in [1.807, 2.05) is 40.1 Å². The minimum absolute atomic E-state index is 0. The monoisotopic (exact) mass is 537 g/mol. The molecule has 1 atom stereocenters. The Balaban J connectivity index is 0.00000336. The fourth-order valence-corrected chi connectivity index (χ4v) is 6.25. The highest BCUT2D eigenvalue weighted by Crippen LogP contribution is 2.43. The summed E-state index contributed by atoms with van der Waals surface area (Å²) in [4.78, 5) is 32.5. The Morgan fingerprint density at radius 1 is 1.03 bits per heavy atom. The van der Waals surface area contributed by atoms with Crippen LogP contribution in [0.2, 0.25) is 0 Å². The number of rotatable bonds is 10. The molecule has 204 valence electrons. The van der Waals surface area contributed by atoms with E-state index in [9.17, 15) is 9.59 Å². The van der Waals surface area contributed by atoms with Gasteiger partial charge in [0.25, 0.3) is 0 Å². The van der Waals surface area contributed by atoms with Gasteiger partial charge in [0.15, 0.2) is 0 Å². The van der Waals surface area contributed by atoms with Gasteiger partial charge < -0.3 is 19.4 Å². The zero-order chi connectivity index (χ0) is 25.7. The number of hydrogen-bond acceptors (Lipinski definition) is 4. The Morgan fingerprint density at radius 2 is 1.76 bits per heavy atom. The molecule has 1 unspecified atom stereocenters. The van der Waals surface area contributed by atoms with Crippen molar-refractivity contribution in [1.82, 2.24) is 9.80 Å². The van der Waals surface area contributed by atoms with Crippen molar-refractivity contribution in [3.8, 4) is 0 Å². The maximum Gasteiger partial charge on any atom is 0.232 e. The number of benzene rings is 2. The van der Waals surface area contributed by atoms with Gasteiger partial charge in [0.1, 0.15) is 0 Å². The summed E-state index contributed by atoms with van der Waals surface area (Å²) in [6, 6.07) is 18.7. The maximum absolute atomic E-state index is 13.6. The van der Waals surface area contributed by atoms with Crippen LogP contribution in [0, 0.1) is 5.92 Å². The quantitative estimate of drug-likeness (QED) is 0.409. The molecular formula is C31H40ClN3O3. The standard InChI is InChI=1S/C31H39N3O3.ClH/c1-37-22-8-18-33-24-26(23-29(33)35)30(36)34(27-10-3-2-4-11-27)19-7-17-32-20-15-31(16-21-32)14-13-25-9-5-6-12-28(25)31;/h2-6,9-14,26H,7-8,15-24H2,1H3;1H. The summed E-state index contributed by atoms with van der Waals surface area (Å²) in [5.41, 5.74) is 3.97. The first-order valence-corrected chi connectivity index (χ1v) is 13.7. The number of amides is 2. The van der Waals surface area contributed by atoms with Gasteiger partial charge in [-0.3, -0.25) is 9.59 Å². The smallest absolute Gasteiger partial charge is 0.232 e. The lowest BCUT2D eigenvalue weighted by atomic mass is 9.74. The van der Waals surface area contributed by atoms with Crippen molar-refractivity contribution >= 4 is 36.0 Å². The summed E-state index contributed by atoms with van der Waals surface area (Å²) in [5.74, 6) is -0.134. The van der Waals surface area contributed by atoms with Crippen LogP contribution >= 0.6 is 12.4 Å². The third kappa shape index (κ3) is 6.14. The number of methoxy groups -OCH3 is 1. The van der Waals surface area contributed by atoms with Gasteiger partial charge in [-0.05, 0) is 68.6 Å². The second kappa shape index (κ2) is 12.9. The third-order valence-corrected chi connectivity index (χ3v) is 8.36. The van der Waals surface area contributed by atoms with Crippen molar-refractivity contribution in [1.29, 1.82) is 0 Å². The normalized spacial score (nSPS) is 20.0. The van der Waals surface area contributed by atoms with E-state index in [-0.39, 0.29) is 35.6 Å². The van der Waals surface area contributed by atoms with E-state index in [4.69, 9.17) is 4.74 Å². The van der Waals surface area contributed by atoms with Crippen molar-refractivity contribution in [2.24, 2.45) is 5.92 Å². The zero-order valence-electron chi connectivity index (χ0n) is 22.4. The number of likely N-dealkylation sites (tertiary alicyclic amines) is 2. The van der Waals surface area contributed by atoms with Gasteiger partial charge in [0, 0.05) is 50.9 Å². The summed E-state index contributed by atoms with van der Waals surface area (Å²) in [6.07, 6.45) is 9.02. The number of anilines is 1. The molecule has 7 heteroatoms. The highest BCUT2D eigenvalue weighted by atomic mass is 35.5. The number of ether oxygens (including phenoxy) is 1. The minimum Gasteiger partial charge on any atom is -0.385 e. The molecule has 2 aliphatic heterocycles. The van der Waals surface area contributed by atoms with Crippen LogP contribution in [0.25, 0.3) is 6.08 Å². The summed E-state index contributed by atoms with van der Waals surface area (Å²) in [6.45, 7) is 5.58. The number of allylic oxidation sites excluding steroid dienone is 1. The zero-order valence-corrected chi connectivity index (χ0v) is 23.2. The molecule has 5 rings (SSSR count).